The Morgan fingerprint density at radius 1 is 1.21 bits per heavy atom. The highest BCUT2D eigenvalue weighted by molar-refractivity contribution is 5.90. The van der Waals surface area contributed by atoms with Gasteiger partial charge in [0.2, 0.25) is 5.91 Å². The van der Waals surface area contributed by atoms with E-state index in [9.17, 15) is 18.0 Å². The Morgan fingerprint density at radius 2 is 1.84 bits per heavy atom. The number of rotatable bonds is 6. The Balaban J connectivity index is 2.45. The van der Waals surface area contributed by atoms with Gasteiger partial charge in [-0.2, -0.15) is 13.2 Å². The molecule has 0 aliphatic carbocycles. The lowest BCUT2D eigenvalue weighted by atomic mass is 10.1. The van der Waals surface area contributed by atoms with Gasteiger partial charge in [-0.15, -0.1) is 0 Å². The minimum Gasteiger partial charge on any atom is -0.326 e. The molecular formula is C13H17F3N2O. The average molecular weight is 274 g/mol. The summed E-state index contributed by atoms with van der Waals surface area (Å²) in [5.74, 6) is -0.127. The summed E-state index contributed by atoms with van der Waals surface area (Å²) >= 11 is 0. The Morgan fingerprint density at radius 3 is 2.37 bits per heavy atom. The molecule has 0 radical (unpaired) electrons. The van der Waals surface area contributed by atoms with Crippen molar-refractivity contribution in [1.82, 2.24) is 5.32 Å². The maximum atomic E-state index is 12.0. The highest BCUT2D eigenvalue weighted by Crippen LogP contribution is 2.22. The molecule has 0 heterocycles. The summed E-state index contributed by atoms with van der Waals surface area (Å²) in [7, 11) is 1.75. The summed E-state index contributed by atoms with van der Waals surface area (Å²) in [6.45, 7) is 0.579. The minimum absolute atomic E-state index is 0.0442. The summed E-state index contributed by atoms with van der Waals surface area (Å²) < 4.78 is 36.1. The molecule has 0 atom stereocenters. The first-order valence-corrected chi connectivity index (χ1v) is 6.01. The quantitative estimate of drug-likeness (QED) is 0.837. The summed E-state index contributed by atoms with van der Waals surface area (Å²) in [6, 6.07) is 6.42. The number of nitrogens with one attached hydrogen (secondary N) is 2. The van der Waals surface area contributed by atoms with Crippen LogP contribution in [0.1, 0.15) is 18.4 Å². The molecule has 0 saturated carbocycles. The molecule has 19 heavy (non-hydrogen) atoms. The highest BCUT2D eigenvalue weighted by Gasteiger charge is 2.26. The van der Waals surface area contributed by atoms with E-state index in [1.54, 1.807) is 31.3 Å². The van der Waals surface area contributed by atoms with Crippen molar-refractivity contribution in [3.8, 4) is 0 Å². The third-order valence-electron chi connectivity index (χ3n) is 2.54. The van der Waals surface area contributed by atoms with Crippen molar-refractivity contribution in [1.29, 1.82) is 0 Å². The van der Waals surface area contributed by atoms with Gasteiger partial charge in [-0.3, -0.25) is 4.79 Å². The fourth-order valence-electron chi connectivity index (χ4n) is 1.50. The van der Waals surface area contributed by atoms with Crippen LogP contribution in [0.4, 0.5) is 18.9 Å². The van der Waals surface area contributed by atoms with Gasteiger partial charge in [0.05, 0.1) is 0 Å². The van der Waals surface area contributed by atoms with E-state index >= 15 is 0 Å². The zero-order valence-electron chi connectivity index (χ0n) is 10.7. The molecule has 0 aliphatic heterocycles. The van der Waals surface area contributed by atoms with Crippen LogP contribution in [0.15, 0.2) is 24.3 Å². The number of alkyl halides is 3. The second-order valence-corrected chi connectivity index (χ2v) is 4.21. The van der Waals surface area contributed by atoms with E-state index < -0.39 is 12.6 Å². The topological polar surface area (TPSA) is 41.1 Å². The van der Waals surface area contributed by atoms with Crippen LogP contribution in [0.2, 0.25) is 0 Å². The first-order valence-electron chi connectivity index (χ1n) is 6.01. The van der Waals surface area contributed by atoms with Crippen molar-refractivity contribution in [3.63, 3.8) is 0 Å². The maximum Gasteiger partial charge on any atom is 0.389 e. The summed E-state index contributed by atoms with van der Waals surface area (Å²) in [5.41, 5.74) is 1.20. The number of benzene rings is 1. The third-order valence-corrected chi connectivity index (χ3v) is 2.54. The third kappa shape index (κ3) is 6.81. The predicted octanol–water partition coefficient (Wildman–Crippen LogP) is 2.73. The van der Waals surface area contributed by atoms with Crippen LogP contribution < -0.4 is 10.6 Å². The van der Waals surface area contributed by atoms with E-state index in [2.05, 4.69) is 10.6 Å². The van der Waals surface area contributed by atoms with Crippen molar-refractivity contribution in [2.75, 3.05) is 18.9 Å². The lowest BCUT2D eigenvalue weighted by molar-refractivity contribution is -0.134. The zero-order chi connectivity index (χ0) is 14.3. The number of hydrogen-bond acceptors (Lipinski definition) is 2. The van der Waals surface area contributed by atoms with Crippen LogP contribution >= 0.6 is 0 Å². The number of carbonyl (C=O) groups excluding carboxylic acids is 1. The Kier molecular flexibility index (Phi) is 5.82. The van der Waals surface area contributed by atoms with Gasteiger partial charge in [0.15, 0.2) is 0 Å². The lowest BCUT2D eigenvalue weighted by Crippen LogP contribution is -2.18. The number of amides is 1. The largest absolute Gasteiger partial charge is 0.389 e. The van der Waals surface area contributed by atoms with Crippen LogP contribution in [0.3, 0.4) is 0 Å². The van der Waals surface area contributed by atoms with E-state index in [-0.39, 0.29) is 12.3 Å². The summed E-state index contributed by atoms with van der Waals surface area (Å²) in [6.07, 6.45) is -4.66. The minimum atomic E-state index is -4.14. The highest BCUT2D eigenvalue weighted by atomic mass is 19.4. The SMILES string of the molecule is CNCCC(=O)Nc1ccc(CCC(F)(F)F)cc1. The normalized spacial score (nSPS) is 11.4. The molecule has 0 aliphatic rings. The molecule has 0 bridgehead atoms. The molecular weight excluding hydrogens is 257 g/mol. The summed E-state index contributed by atoms with van der Waals surface area (Å²) in [5, 5.41) is 5.53. The Hall–Kier alpha value is -1.56. The van der Waals surface area contributed by atoms with Gasteiger partial charge >= 0.3 is 6.18 Å². The summed E-state index contributed by atoms with van der Waals surface area (Å²) in [4.78, 5) is 11.4. The molecule has 1 amide bonds. The molecule has 6 heteroatoms. The second kappa shape index (κ2) is 7.13. The number of halogens is 3. The van der Waals surface area contributed by atoms with E-state index in [1.165, 1.54) is 0 Å². The number of aryl methyl sites for hydroxylation is 1. The first kappa shape index (κ1) is 15.5. The van der Waals surface area contributed by atoms with Crippen LogP contribution in [-0.2, 0) is 11.2 Å². The molecule has 0 aromatic heterocycles. The van der Waals surface area contributed by atoms with Gasteiger partial charge in [0.25, 0.3) is 0 Å². The number of carbonyl (C=O) groups is 1. The predicted molar refractivity (Wildman–Crippen MR) is 68.0 cm³/mol. The van der Waals surface area contributed by atoms with Crippen LogP contribution in [-0.4, -0.2) is 25.7 Å². The molecule has 0 unspecified atom stereocenters. The van der Waals surface area contributed by atoms with Crippen molar-refractivity contribution in [2.24, 2.45) is 0 Å². The van der Waals surface area contributed by atoms with Crippen molar-refractivity contribution in [3.05, 3.63) is 29.8 Å². The maximum absolute atomic E-state index is 12.0. The molecule has 1 aromatic rings. The van der Waals surface area contributed by atoms with E-state index in [4.69, 9.17) is 0 Å². The number of anilines is 1. The molecule has 1 rings (SSSR count). The van der Waals surface area contributed by atoms with Gasteiger partial charge < -0.3 is 10.6 Å². The molecule has 1 aromatic carbocycles. The molecule has 0 saturated heterocycles. The van der Waals surface area contributed by atoms with Crippen LogP contribution in [0.5, 0.6) is 0 Å². The second-order valence-electron chi connectivity index (χ2n) is 4.21. The molecule has 106 valence electrons. The van der Waals surface area contributed by atoms with Crippen molar-refractivity contribution in [2.45, 2.75) is 25.4 Å². The fraction of sp³-hybridized carbons (Fsp3) is 0.462. The molecule has 0 fully saturated rings. The average Bonchev–Trinajstić information content (AvgIpc) is 2.34. The molecule has 3 nitrogen and oxygen atoms in total. The van der Waals surface area contributed by atoms with Crippen LogP contribution in [0.25, 0.3) is 0 Å². The van der Waals surface area contributed by atoms with E-state index in [0.717, 1.165) is 0 Å². The van der Waals surface area contributed by atoms with E-state index in [0.29, 0.717) is 24.2 Å². The Labute approximate surface area is 110 Å². The van der Waals surface area contributed by atoms with Gasteiger partial charge in [-0.25, -0.2) is 0 Å². The smallest absolute Gasteiger partial charge is 0.326 e. The van der Waals surface area contributed by atoms with Gasteiger partial charge in [-0.05, 0) is 31.2 Å². The van der Waals surface area contributed by atoms with Gasteiger partial charge in [-0.1, -0.05) is 12.1 Å². The van der Waals surface area contributed by atoms with Crippen molar-refractivity contribution >= 4 is 11.6 Å². The Bertz CT molecular complexity index is 401. The first-order chi connectivity index (χ1) is 8.90. The van der Waals surface area contributed by atoms with Gasteiger partial charge in [0.1, 0.15) is 0 Å². The van der Waals surface area contributed by atoms with Gasteiger partial charge in [0, 0.05) is 25.1 Å². The monoisotopic (exact) mass is 274 g/mol. The molecule has 0 spiro atoms. The lowest BCUT2D eigenvalue weighted by Gasteiger charge is -2.08. The van der Waals surface area contributed by atoms with Crippen molar-refractivity contribution < 1.29 is 18.0 Å². The molecule has 2 N–H and O–H groups in total. The number of hydrogen-bond donors (Lipinski definition) is 2. The zero-order valence-corrected chi connectivity index (χ0v) is 10.7. The fourth-order valence-corrected chi connectivity index (χ4v) is 1.50. The standard InChI is InChI=1S/C13H17F3N2O/c1-17-9-7-12(19)18-11-4-2-10(3-5-11)6-8-13(14,15)16/h2-5,17H,6-9H2,1H3,(H,18,19). The van der Waals surface area contributed by atoms with Crippen LogP contribution in [0, 0.1) is 0 Å². The van der Waals surface area contributed by atoms with E-state index in [1.807, 2.05) is 0 Å².